The van der Waals surface area contributed by atoms with Crippen LogP contribution in [0.5, 0.6) is 0 Å². The predicted molar refractivity (Wildman–Crippen MR) is 153 cm³/mol. The first-order chi connectivity index (χ1) is 20.0. The molecule has 42 heavy (non-hydrogen) atoms. The lowest BCUT2D eigenvalue weighted by atomic mass is 9.79. The minimum absolute atomic E-state index is 0.0273. The van der Waals surface area contributed by atoms with Crippen molar-refractivity contribution in [2.24, 2.45) is 5.92 Å². The van der Waals surface area contributed by atoms with Gasteiger partial charge in [0.05, 0.1) is 24.3 Å². The number of hydrogen-bond acceptors (Lipinski definition) is 6. The summed E-state index contributed by atoms with van der Waals surface area (Å²) in [4.78, 5) is 37.1. The van der Waals surface area contributed by atoms with Gasteiger partial charge in [-0.2, -0.15) is 5.26 Å². The van der Waals surface area contributed by atoms with Crippen molar-refractivity contribution >= 4 is 17.3 Å². The van der Waals surface area contributed by atoms with Crippen molar-refractivity contribution in [1.82, 2.24) is 9.47 Å². The number of aromatic nitrogens is 1. The summed E-state index contributed by atoms with van der Waals surface area (Å²) in [6.07, 6.45) is 3.19. The molecule has 2 aliphatic heterocycles. The number of Topliss-reactive ketones (excluding diaryl/α,β-unsaturated/α-hetero) is 3. The molecule has 2 bridgehead atoms. The Bertz CT molecular complexity index is 1370. The normalized spacial score (nSPS) is 29.6. The van der Waals surface area contributed by atoms with E-state index in [2.05, 4.69) is 15.5 Å². The van der Waals surface area contributed by atoms with E-state index in [1.165, 1.54) is 6.92 Å². The van der Waals surface area contributed by atoms with Crippen LogP contribution in [0.25, 0.3) is 5.69 Å². The average molecular weight is 580 g/mol. The number of rotatable bonds is 9. The van der Waals surface area contributed by atoms with Crippen molar-refractivity contribution < 1.29 is 28.3 Å². The molecule has 2 aromatic rings. The van der Waals surface area contributed by atoms with E-state index < -0.39 is 12.3 Å². The fraction of sp³-hybridized carbons (Fsp3) is 0.576. The largest absolute Gasteiger partial charge is 0.391 e. The second-order valence-electron chi connectivity index (χ2n) is 12.5. The number of alkyl halides is 2. The van der Waals surface area contributed by atoms with Crippen LogP contribution in [0.2, 0.25) is 0 Å². The molecule has 4 aliphatic rings. The van der Waals surface area contributed by atoms with E-state index in [1.807, 2.05) is 25.1 Å². The van der Waals surface area contributed by atoms with Crippen LogP contribution in [0.1, 0.15) is 97.9 Å². The highest BCUT2D eigenvalue weighted by Gasteiger charge is 2.46. The lowest BCUT2D eigenvalue weighted by Gasteiger charge is -2.31. The summed E-state index contributed by atoms with van der Waals surface area (Å²) in [5, 5.41) is 19.3. The Morgan fingerprint density at radius 1 is 1.00 bits per heavy atom. The number of halogens is 2. The molecule has 6 rings (SSSR count). The molecule has 0 radical (unpaired) electrons. The van der Waals surface area contributed by atoms with Crippen LogP contribution in [-0.4, -0.2) is 69.0 Å². The third-order valence-corrected chi connectivity index (χ3v) is 9.56. The zero-order valence-corrected chi connectivity index (χ0v) is 24.3. The summed E-state index contributed by atoms with van der Waals surface area (Å²) < 4.78 is 28.0. The number of nitriles is 1. The van der Waals surface area contributed by atoms with Gasteiger partial charge in [-0.1, -0.05) is 0 Å². The number of benzene rings is 1. The third kappa shape index (κ3) is 6.25. The molecule has 0 spiro atoms. The second kappa shape index (κ2) is 12.6. The van der Waals surface area contributed by atoms with Crippen LogP contribution in [0, 0.1) is 24.2 Å². The van der Waals surface area contributed by atoms with Crippen LogP contribution in [0.15, 0.2) is 30.3 Å². The van der Waals surface area contributed by atoms with E-state index in [4.69, 9.17) is 5.26 Å². The number of hydrogen-bond donors (Lipinski definition) is 1. The van der Waals surface area contributed by atoms with Crippen molar-refractivity contribution in [1.29, 1.82) is 5.26 Å². The van der Waals surface area contributed by atoms with Gasteiger partial charge in [0.2, 0.25) is 0 Å². The monoisotopic (exact) mass is 579 g/mol. The SMILES string of the molecule is CC(=O)CCC(=O)C1CC(F)C1.Cc1c(C(=O)CN2C3CCC2[C@@H](O)C3)cc(C2CC(F)C2)n1-c1ccc(C#N)cc1. The smallest absolute Gasteiger partial charge is 0.178 e. The van der Waals surface area contributed by atoms with E-state index in [-0.39, 0.29) is 41.3 Å². The Hall–Kier alpha value is -3.22. The van der Waals surface area contributed by atoms with Gasteiger partial charge in [-0.15, -0.1) is 0 Å². The van der Waals surface area contributed by atoms with Crippen molar-refractivity contribution in [3.63, 3.8) is 0 Å². The fourth-order valence-corrected chi connectivity index (χ4v) is 6.91. The Morgan fingerprint density at radius 2 is 1.67 bits per heavy atom. The molecule has 7 nitrogen and oxygen atoms in total. The summed E-state index contributed by atoms with van der Waals surface area (Å²) in [6.45, 7) is 3.72. The fourth-order valence-electron chi connectivity index (χ4n) is 6.91. The molecular weight excluding hydrogens is 540 g/mol. The second-order valence-corrected chi connectivity index (χ2v) is 12.5. The molecule has 224 valence electrons. The first kappa shape index (κ1) is 30.2. The molecule has 2 unspecified atom stereocenters. The van der Waals surface area contributed by atoms with E-state index >= 15 is 0 Å². The summed E-state index contributed by atoms with van der Waals surface area (Å²) in [5.74, 6) is 0.141. The van der Waals surface area contributed by atoms with Crippen molar-refractivity contribution in [3.8, 4) is 11.8 Å². The summed E-state index contributed by atoms with van der Waals surface area (Å²) in [5.41, 5.74) is 3.97. The highest BCUT2D eigenvalue weighted by molar-refractivity contribution is 5.99. The van der Waals surface area contributed by atoms with Crippen LogP contribution in [0.4, 0.5) is 8.78 Å². The molecule has 3 heterocycles. The Morgan fingerprint density at radius 3 is 2.19 bits per heavy atom. The van der Waals surface area contributed by atoms with Crippen molar-refractivity contribution in [2.75, 3.05) is 6.54 Å². The van der Waals surface area contributed by atoms with Crippen LogP contribution in [0.3, 0.4) is 0 Å². The van der Waals surface area contributed by atoms with E-state index in [0.717, 1.165) is 36.3 Å². The average Bonchev–Trinajstić information content (AvgIpc) is 3.57. The Labute approximate surface area is 245 Å². The van der Waals surface area contributed by atoms with Gasteiger partial charge in [-0.3, -0.25) is 14.5 Å². The first-order valence-corrected chi connectivity index (χ1v) is 15.1. The van der Waals surface area contributed by atoms with E-state index in [9.17, 15) is 28.3 Å². The molecule has 2 saturated heterocycles. The highest BCUT2D eigenvalue weighted by Crippen LogP contribution is 2.42. The van der Waals surface area contributed by atoms with Crippen LogP contribution in [-0.2, 0) is 9.59 Å². The first-order valence-electron chi connectivity index (χ1n) is 15.1. The molecule has 1 aromatic heterocycles. The lowest BCUT2D eigenvalue weighted by Crippen LogP contribution is -2.36. The molecule has 1 aromatic carbocycles. The summed E-state index contributed by atoms with van der Waals surface area (Å²) in [7, 11) is 0. The van der Waals surface area contributed by atoms with Crippen LogP contribution < -0.4 is 0 Å². The van der Waals surface area contributed by atoms with Gasteiger partial charge in [-0.25, -0.2) is 8.78 Å². The van der Waals surface area contributed by atoms with E-state index in [0.29, 0.717) is 62.2 Å². The molecule has 3 atom stereocenters. The third-order valence-electron chi connectivity index (χ3n) is 9.56. The molecule has 4 fully saturated rings. The minimum atomic E-state index is -0.781. The minimum Gasteiger partial charge on any atom is -0.391 e. The lowest BCUT2D eigenvalue weighted by molar-refractivity contribution is -0.129. The van der Waals surface area contributed by atoms with Gasteiger partial charge in [0.15, 0.2) is 5.78 Å². The zero-order valence-electron chi connectivity index (χ0n) is 24.3. The maximum atomic E-state index is 13.6. The zero-order chi connectivity index (χ0) is 30.1. The Balaban J connectivity index is 0.000000248. The summed E-state index contributed by atoms with van der Waals surface area (Å²) >= 11 is 0. The van der Waals surface area contributed by atoms with Crippen LogP contribution >= 0.6 is 0 Å². The number of ketones is 3. The quantitative estimate of drug-likeness (QED) is 0.403. The number of nitrogens with zero attached hydrogens (tertiary/aromatic N) is 3. The van der Waals surface area contributed by atoms with Crippen molar-refractivity contribution in [2.45, 2.75) is 108 Å². The highest BCUT2D eigenvalue weighted by atomic mass is 19.1. The number of fused-ring (bicyclic) bond motifs is 2. The number of carbonyl (C=O) groups is 3. The van der Waals surface area contributed by atoms with Gasteiger partial charge < -0.3 is 14.5 Å². The number of aliphatic hydroxyl groups is 1. The summed E-state index contributed by atoms with van der Waals surface area (Å²) in [6, 6.07) is 11.8. The maximum absolute atomic E-state index is 13.6. The molecule has 9 heteroatoms. The van der Waals surface area contributed by atoms with Gasteiger partial charge in [0, 0.05) is 59.4 Å². The standard InChI is InChI=1S/C24H26FN3O2.C9H13FO2/c1-14-20(24(30)13-27-19-6-7-21(27)23(29)10-19)11-22(16-8-17(25)9-16)28(14)18-4-2-15(12-26)3-5-18;1-6(11)2-3-9(12)7-4-8(10)5-7/h2-5,11,16-17,19,21,23,29H,6-10,13H2,1H3;7-8H,2-5H2,1H3/t16?,17?,19?,21?,23-;/m0./s1. The van der Waals surface area contributed by atoms with Crippen molar-refractivity contribution in [3.05, 3.63) is 52.8 Å². The molecular formula is C33H39F2N3O4. The Kier molecular flexibility index (Phi) is 9.05. The number of aliphatic hydroxyl groups excluding tert-OH is 1. The topological polar surface area (TPSA) is 103 Å². The van der Waals surface area contributed by atoms with Gasteiger partial charge >= 0.3 is 0 Å². The molecule has 2 aliphatic carbocycles. The van der Waals surface area contributed by atoms with E-state index in [1.54, 1.807) is 12.1 Å². The van der Waals surface area contributed by atoms with Gasteiger partial charge in [-0.05, 0) is 89.1 Å². The molecule has 1 N–H and O–H groups in total. The molecule has 0 amide bonds. The van der Waals surface area contributed by atoms with Gasteiger partial charge in [0.25, 0.3) is 0 Å². The number of carbonyl (C=O) groups excluding carboxylic acids is 3. The van der Waals surface area contributed by atoms with Gasteiger partial charge in [0.1, 0.15) is 23.9 Å². The molecule has 2 saturated carbocycles. The predicted octanol–water partition coefficient (Wildman–Crippen LogP) is 5.33. The maximum Gasteiger partial charge on any atom is 0.178 e.